The highest BCUT2D eigenvalue weighted by molar-refractivity contribution is 7.85. The number of hydrogen-bond donors (Lipinski definition) is 0. The molecule has 1 aliphatic carbocycles. The molecule has 2 aromatic rings. The molecule has 4 heteroatoms. The third kappa shape index (κ3) is 5.96. The molecule has 0 radical (unpaired) electrons. The standard InChI is InChI=1S/C22H28O3S/c23-26(24,18-20-8-3-1-4-9-20)25-17-7-10-19-13-15-22(16-14-19)21-11-5-2-6-12-21/h1,3-4,8-9,13-16,21H,2,5-7,10-12,17-18H2. The molecular formula is C22H28O3S. The Kier molecular flexibility index (Phi) is 6.86. The topological polar surface area (TPSA) is 43.4 Å². The molecule has 1 saturated carbocycles. The van der Waals surface area contributed by atoms with Crippen LogP contribution >= 0.6 is 0 Å². The summed E-state index contributed by atoms with van der Waals surface area (Å²) in [7, 11) is -3.51. The second-order valence-electron chi connectivity index (χ2n) is 7.19. The highest BCUT2D eigenvalue weighted by Crippen LogP contribution is 2.32. The SMILES string of the molecule is O=S(=O)(Cc1ccccc1)OCCCc1ccc(C2CCCCC2)cc1. The van der Waals surface area contributed by atoms with Gasteiger partial charge in [-0.15, -0.1) is 0 Å². The van der Waals surface area contributed by atoms with Gasteiger partial charge in [0.25, 0.3) is 10.1 Å². The highest BCUT2D eigenvalue weighted by atomic mass is 32.2. The minimum absolute atomic E-state index is 0.0656. The van der Waals surface area contributed by atoms with Gasteiger partial charge in [-0.2, -0.15) is 8.42 Å². The molecule has 0 atom stereocenters. The number of rotatable bonds is 8. The highest BCUT2D eigenvalue weighted by Gasteiger charge is 2.15. The second kappa shape index (κ2) is 9.33. The van der Waals surface area contributed by atoms with E-state index in [9.17, 15) is 8.42 Å². The summed E-state index contributed by atoms with van der Waals surface area (Å²) in [6, 6.07) is 18.0. The molecule has 0 saturated heterocycles. The van der Waals surface area contributed by atoms with Crippen LogP contribution in [0.1, 0.15) is 61.1 Å². The molecule has 0 aromatic heterocycles. The first-order valence-electron chi connectivity index (χ1n) is 9.62. The average molecular weight is 373 g/mol. The Hall–Kier alpha value is -1.65. The third-order valence-corrected chi connectivity index (χ3v) is 6.33. The van der Waals surface area contributed by atoms with E-state index in [1.165, 1.54) is 43.2 Å². The van der Waals surface area contributed by atoms with Crippen molar-refractivity contribution < 1.29 is 12.6 Å². The van der Waals surface area contributed by atoms with E-state index in [-0.39, 0.29) is 12.4 Å². The van der Waals surface area contributed by atoms with Gasteiger partial charge in [-0.3, -0.25) is 4.18 Å². The van der Waals surface area contributed by atoms with Gasteiger partial charge in [-0.1, -0.05) is 73.9 Å². The predicted molar refractivity (Wildman–Crippen MR) is 106 cm³/mol. The molecule has 1 aliphatic rings. The van der Waals surface area contributed by atoms with Crippen molar-refractivity contribution in [2.24, 2.45) is 0 Å². The van der Waals surface area contributed by atoms with E-state index in [0.29, 0.717) is 6.42 Å². The fraction of sp³-hybridized carbons (Fsp3) is 0.455. The number of aryl methyl sites for hydroxylation is 1. The van der Waals surface area contributed by atoms with Gasteiger partial charge in [-0.25, -0.2) is 0 Å². The molecular weight excluding hydrogens is 344 g/mol. The van der Waals surface area contributed by atoms with Crippen LogP contribution in [-0.2, 0) is 26.5 Å². The maximum atomic E-state index is 12.0. The summed E-state index contributed by atoms with van der Waals surface area (Å²) in [6.45, 7) is 0.236. The maximum Gasteiger partial charge on any atom is 0.271 e. The summed E-state index contributed by atoms with van der Waals surface area (Å²) in [6.07, 6.45) is 8.24. The predicted octanol–water partition coefficient (Wildman–Crippen LogP) is 5.21. The van der Waals surface area contributed by atoms with E-state index in [1.54, 1.807) is 12.1 Å². The summed E-state index contributed by atoms with van der Waals surface area (Å²) in [5.74, 6) is 0.661. The molecule has 1 fully saturated rings. The quantitative estimate of drug-likeness (QED) is 0.472. The fourth-order valence-electron chi connectivity index (χ4n) is 3.67. The summed E-state index contributed by atoms with van der Waals surface area (Å²) in [4.78, 5) is 0. The van der Waals surface area contributed by atoms with Gasteiger partial charge < -0.3 is 0 Å². The molecule has 0 unspecified atom stereocenters. The van der Waals surface area contributed by atoms with Crippen molar-refractivity contribution in [3.63, 3.8) is 0 Å². The van der Waals surface area contributed by atoms with Crippen molar-refractivity contribution in [1.82, 2.24) is 0 Å². The Morgan fingerprint density at radius 1 is 0.846 bits per heavy atom. The van der Waals surface area contributed by atoms with E-state index < -0.39 is 10.1 Å². The zero-order valence-electron chi connectivity index (χ0n) is 15.3. The summed E-state index contributed by atoms with van der Waals surface area (Å²) >= 11 is 0. The normalized spacial score (nSPS) is 15.8. The molecule has 2 aromatic carbocycles. The lowest BCUT2D eigenvalue weighted by atomic mass is 9.84. The molecule has 26 heavy (non-hydrogen) atoms. The van der Waals surface area contributed by atoms with Crippen molar-refractivity contribution in [1.29, 1.82) is 0 Å². The van der Waals surface area contributed by atoms with Gasteiger partial charge in [0.15, 0.2) is 0 Å². The minimum atomic E-state index is -3.51. The molecule has 3 rings (SSSR count). The molecule has 0 heterocycles. The van der Waals surface area contributed by atoms with Crippen molar-refractivity contribution in [3.8, 4) is 0 Å². The van der Waals surface area contributed by atoms with Gasteiger partial charge in [0.05, 0.1) is 6.61 Å². The fourth-order valence-corrected chi connectivity index (χ4v) is 4.73. The molecule has 0 amide bonds. The van der Waals surface area contributed by atoms with Crippen LogP contribution in [-0.4, -0.2) is 15.0 Å². The Labute approximate surface area is 157 Å². The molecule has 0 aliphatic heterocycles. The van der Waals surface area contributed by atoms with Gasteiger partial charge in [0.2, 0.25) is 0 Å². The van der Waals surface area contributed by atoms with Crippen LogP contribution in [0, 0.1) is 0 Å². The molecule has 140 valence electrons. The van der Waals surface area contributed by atoms with Crippen molar-refractivity contribution >= 4 is 10.1 Å². The average Bonchev–Trinajstić information content (AvgIpc) is 2.67. The van der Waals surface area contributed by atoms with Crippen LogP contribution in [0.5, 0.6) is 0 Å². The van der Waals surface area contributed by atoms with Crippen LogP contribution < -0.4 is 0 Å². The first-order chi connectivity index (χ1) is 12.6. The number of hydrogen-bond acceptors (Lipinski definition) is 3. The van der Waals surface area contributed by atoms with Crippen LogP contribution in [0.2, 0.25) is 0 Å². The lowest BCUT2D eigenvalue weighted by Crippen LogP contribution is -2.10. The smallest absolute Gasteiger partial charge is 0.270 e. The van der Waals surface area contributed by atoms with Crippen molar-refractivity contribution in [2.45, 2.75) is 56.6 Å². The molecule has 0 N–H and O–H groups in total. The molecule has 0 spiro atoms. The minimum Gasteiger partial charge on any atom is -0.270 e. The van der Waals surface area contributed by atoms with Gasteiger partial charge in [-0.05, 0) is 48.3 Å². The van der Waals surface area contributed by atoms with Crippen LogP contribution in [0.4, 0.5) is 0 Å². The monoisotopic (exact) mass is 372 g/mol. The summed E-state index contributed by atoms with van der Waals surface area (Å²) in [5.41, 5.74) is 3.45. The molecule has 0 bridgehead atoms. The zero-order valence-corrected chi connectivity index (χ0v) is 16.1. The van der Waals surface area contributed by atoms with Crippen molar-refractivity contribution in [2.75, 3.05) is 6.61 Å². The third-order valence-electron chi connectivity index (χ3n) is 5.12. The Bertz CT molecular complexity index is 761. The zero-order chi connectivity index (χ0) is 18.2. The first-order valence-corrected chi connectivity index (χ1v) is 11.2. The van der Waals surface area contributed by atoms with E-state index in [0.717, 1.165) is 17.9 Å². The van der Waals surface area contributed by atoms with E-state index in [4.69, 9.17) is 4.18 Å². The summed E-state index contributed by atoms with van der Waals surface area (Å²) < 4.78 is 29.2. The first kappa shape index (κ1) is 19.1. The molecule has 3 nitrogen and oxygen atoms in total. The van der Waals surface area contributed by atoms with Crippen molar-refractivity contribution in [3.05, 3.63) is 71.3 Å². The van der Waals surface area contributed by atoms with Gasteiger partial charge >= 0.3 is 0 Å². The van der Waals surface area contributed by atoms with Gasteiger partial charge in [0, 0.05) is 0 Å². The van der Waals surface area contributed by atoms with E-state index in [2.05, 4.69) is 24.3 Å². The second-order valence-corrected chi connectivity index (χ2v) is 8.83. The van der Waals surface area contributed by atoms with Crippen LogP contribution in [0.25, 0.3) is 0 Å². The van der Waals surface area contributed by atoms with Crippen LogP contribution in [0.3, 0.4) is 0 Å². The Balaban J connectivity index is 1.41. The van der Waals surface area contributed by atoms with E-state index >= 15 is 0 Å². The van der Waals surface area contributed by atoms with Gasteiger partial charge in [0.1, 0.15) is 5.75 Å². The summed E-state index contributed by atoms with van der Waals surface area (Å²) in [5, 5.41) is 0. The Morgan fingerprint density at radius 3 is 2.23 bits per heavy atom. The lowest BCUT2D eigenvalue weighted by molar-refractivity contribution is 0.311. The number of benzene rings is 2. The van der Waals surface area contributed by atoms with Crippen LogP contribution in [0.15, 0.2) is 54.6 Å². The lowest BCUT2D eigenvalue weighted by Gasteiger charge is -2.22. The maximum absolute atomic E-state index is 12.0. The van der Waals surface area contributed by atoms with E-state index in [1.807, 2.05) is 18.2 Å². The Morgan fingerprint density at radius 2 is 1.54 bits per heavy atom. The largest absolute Gasteiger partial charge is 0.271 e.